The lowest BCUT2D eigenvalue weighted by Gasteiger charge is -2.40. The average molecular weight is 268 g/mol. The molecule has 0 aromatic carbocycles. The van der Waals surface area contributed by atoms with Gasteiger partial charge in [-0.15, -0.1) is 0 Å². The summed E-state index contributed by atoms with van der Waals surface area (Å²) in [6, 6.07) is 0. The minimum atomic E-state index is 0.516. The number of rotatable bonds is 10. The second kappa shape index (κ2) is 9.80. The Balaban J connectivity index is 2.17. The Morgan fingerprint density at radius 2 is 1.68 bits per heavy atom. The quantitative estimate of drug-likeness (QED) is 0.507. The molecule has 114 valence electrons. The van der Waals surface area contributed by atoms with Gasteiger partial charge in [-0.1, -0.05) is 78.1 Å². The van der Waals surface area contributed by atoms with E-state index < -0.39 is 0 Å². The van der Waals surface area contributed by atoms with Gasteiger partial charge in [0.15, 0.2) is 0 Å². The summed E-state index contributed by atoms with van der Waals surface area (Å²) < 4.78 is 0. The largest absolute Gasteiger partial charge is 0.330 e. The van der Waals surface area contributed by atoms with Crippen LogP contribution in [0.4, 0.5) is 0 Å². The van der Waals surface area contributed by atoms with Crippen molar-refractivity contribution >= 4 is 0 Å². The zero-order chi connectivity index (χ0) is 14.0. The molecule has 1 aliphatic carbocycles. The molecule has 1 aliphatic rings. The maximum absolute atomic E-state index is 6.14. The van der Waals surface area contributed by atoms with Crippen LogP contribution in [0.1, 0.15) is 97.3 Å². The second-order valence-electron chi connectivity index (χ2n) is 6.95. The maximum Gasteiger partial charge on any atom is -0.00204 e. The molecular formula is C18H37N. The summed E-state index contributed by atoms with van der Waals surface area (Å²) in [5, 5.41) is 0. The Kier molecular flexibility index (Phi) is 8.77. The van der Waals surface area contributed by atoms with E-state index in [1.165, 1.54) is 83.5 Å². The molecule has 2 unspecified atom stereocenters. The third kappa shape index (κ3) is 6.29. The first-order valence-electron chi connectivity index (χ1n) is 8.96. The van der Waals surface area contributed by atoms with Crippen LogP contribution >= 0.6 is 0 Å². The van der Waals surface area contributed by atoms with Crippen LogP contribution in [0.15, 0.2) is 0 Å². The van der Waals surface area contributed by atoms with Gasteiger partial charge in [-0.2, -0.15) is 0 Å². The predicted molar refractivity (Wildman–Crippen MR) is 86.3 cm³/mol. The van der Waals surface area contributed by atoms with Crippen molar-refractivity contribution in [1.82, 2.24) is 0 Å². The van der Waals surface area contributed by atoms with E-state index in [1.807, 2.05) is 0 Å². The van der Waals surface area contributed by atoms with Crippen LogP contribution in [-0.4, -0.2) is 6.54 Å². The van der Waals surface area contributed by atoms with Crippen molar-refractivity contribution < 1.29 is 0 Å². The number of nitrogens with two attached hydrogens (primary N) is 1. The van der Waals surface area contributed by atoms with Gasteiger partial charge >= 0.3 is 0 Å². The van der Waals surface area contributed by atoms with E-state index >= 15 is 0 Å². The van der Waals surface area contributed by atoms with Crippen LogP contribution in [0.2, 0.25) is 0 Å². The van der Waals surface area contributed by atoms with E-state index in [4.69, 9.17) is 5.73 Å². The summed E-state index contributed by atoms with van der Waals surface area (Å²) >= 11 is 0. The Bertz CT molecular complexity index is 214. The highest BCUT2D eigenvalue weighted by molar-refractivity contribution is 4.87. The number of unbranched alkanes of at least 4 members (excludes halogenated alkanes) is 6. The van der Waals surface area contributed by atoms with E-state index in [2.05, 4.69) is 13.8 Å². The molecule has 2 N–H and O–H groups in total. The molecule has 1 nitrogen and oxygen atoms in total. The Morgan fingerprint density at radius 3 is 2.32 bits per heavy atom. The molecule has 0 bridgehead atoms. The lowest BCUT2D eigenvalue weighted by molar-refractivity contribution is 0.127. The standard InChI is InChI=1S/C18H37N/c1-3-5-6-7-8-9-10-13-18(16-19)14-11-12-17(4-2)15-18/h17H,3-16,19H2,1-2H3. The van der Waals surface area contributed by atoms with Gasteiger partial charge in [0.25, 0.3) is 0 Å². The van der Waals surface area contributed by atoms with Crippen LogP contribution < -0.4 is 5.73 Å². The summed E-state index contributed by atoms with van der Waals surface area (Å²) in [5.41, 5.74) is 6.65. The summed E-state index contributed by atoms with van der Waals surface area (Å²) in [6.45, 7) is 5.57. The van der Waals surface area contributed by atoms with Crippen molar-refractivity contribution in [2.24, 2.45) is 17.1 Å². The number of hydrogen-bond donors (Lipinski definition) is 1. The van der Waals surface area contributed by atoms with Crippen LogP contribution in [-0.2, 0) is 0 Å². The van der Waals surface area contributed by atoms with Crippen LogP contribution in [0.25, 0.3) is 0 Å². The molecule has 2 atom stereocenters. The monoisotopic (exact) mass is 267 g/mol. The Labute approximate surface area is 121 Å². The lowest BCUT2D eigenvalue weighted by Crippen LogP contribution is -2.35. The van der Waals surface area contributed by atoms with Gasteiger partial charge in [0.2, 0.25) is 0 Å². The fraction of sp³-hybridized carbons (Fsp3) is 1.00. The predicted octanol–water partition coefficient (Wildman–Crippen LogP) is 5.67. The third-order valence-corrected chi connectivity index (χ3v) is 5.36. The minimum Gasteiger partial charge on any atom is -0.330 e. The van der Waals surface area contributed by atoms with Gasteiger partial charge in [-0.25, -0.2) is 0 Å². The summed E-state index contributed by atoms with van der Waals surface area (Å²) in [7, 11) is 0. The van der Waals surface area contributed by atoms with E-state index in [9.17, 15) is 0 Å². The molecule has 0 aromatic rings. The molecule has 0 radical (unpaired) electrons. The SMILES string of the molecule is CCCCCCCCCC1(CN)CCCC(CC)C1. The van der Waals surface area contributed by atoms with Gasteiger partial charge in [0.1, 0.15) is 0 Å². The lowest BCUT2D eigenvalue weighted by atomic mass is 9.66. The maximum atomic E-state index is 6.14. The first-order valence-corrected chi connectivity index (χ1v) is 8.96. The van der Waals surface area contributed by atoms with E-state index in [0.717, 1.165) is 12.5 Å². The smallest absolute Gasteiger partial charge is 0.00204 e. The normalized spacial score (nSPS) is 27.6. The van der Waals surface area contributed by atoms with Crippen molar-refractivity contribution in [3.8, 4) is 0 Å². The highest BCUT2D eigenvalue weighted by Crippen LogP contribution is 2.43. The molecule has 0 saturated heterocycles. The molecule has 0 heterocycles. The molecule has 0 aliphatic heterocycles. The van der Waals surface area contributed by atoms with E-state index in [0.29, 0.717) is 5.41 Å². The van der Waals surface area contributed by atoms with Crippen LogP contribution in [0.3, 0.4) is 0 Å². The molecule has 0 amide bonds. The molecule has 0 aromatic heterocycles. The summed E-state index contributed by atoms with van der Waals surface area (Å²) in [4.78, 5) is 0. The van der Waals surface area contributed by atoms with Crippen LogP contribution in [0, 0.1) is 11.3 Å². The number of hydrogen-bond acceptors (Lipinski definition) is 1. The zero-order valence-corrected chi connectivity index (χ0v) is 13.6. The highest BCUT2D eigenvalue weighted by atomic mass is 14.6. The average Bonchev–Trinajstić information content (AvgIpc) is 2.46. The molecular weight excluding hydrogens is 230 g/mol. The zero-order valence-electron chi connectivity index (χ0n) is 13.6. The van der Waals surface area contributed by atoms with Crippen molar-refractivity contribution in [2.45, 2.75) is 97.3 Å². The van der Waals surface area contributed by atoms with Gasteiger partial charge in [0.05, 0.1) is 0 Å². The van der Waals surface area contributed by atoms with Gasteiger partial charge in [-0.3, -0.25) is 0 Å². The molecule has 19 heavy (non-hydrogen) atoms. The van der Waals surface area contributed by atoms with Crippen molar-refractivity contribution in [3.63, 3.8) is 0 Å². The molecule has 1 saturated carbocycles. The first kappa shape index (κ1) is 17.0. The molecule has 1 fully saturated rings. The van der Waals surface area contributed by atoms with Gasteiger partial charge in [0, 0.05) is 0 Å². The summed E-state index contributed by atoms with van der Waals surface area (Å²) in [6.07, 6.45) is 18.4. The highest BCUT2D eigenvalue weighted by Gasteiger charge is 2.33. The Morgan fingerprint density at radius 1 is 1.00 bits per heavy atom. The molecule has 1 heteroatoms. The third-order valence-electron chi connectivity index (χ3n) is 5.36. The Hall–Kier alpha value is -0.0400. The topological polar surface area (TPSA) is 26.0 Å². The van der Waals surface area contributed by atoms with E-state index in [-0.39, 0.29) is 0 Å². The fourth-order valence-electron chi connectivity index (χ4n) is 3.90. The second-order valence-corrected chi connectivity index (χ2v) is 6.95. The van der Waals surface area contributed by atoms with Crippen molar-refractivity contribution in [2.75, 3.05) is 6.54 Å². The van der Waals surface area contributed by atoms with Gasteiger partial charge < -0.3 is 5.73 Å². The minimum absolute atomic E-state index is 0.516. The summed E-state index contributed by atoms with van der Waals surface area (Å²) in [5.74, 6) is 0.960. The van der Waals surface area contributed by atoms with Crippen molar-refractivity contribution in [1.29, 1.82) is 0 Å². The first-order chi connectivity index (χ1) is 9.26. The van der Waals surface area contributed by atoms with Crippen molar-refractivity contribution in [3.05, 3.63) is 0 Å². The molecule has 1 rings (SSSR count). The molecule has 0 spiro atoms. The fourth-order valence-corrected chi connectivity index (χ4v) is 3.90. The van der Waals surface area contributed by atoms with Gasteiger partial charge in [-0.05, 0) is 37.1 Å². The van der Waals surface area contributed by atoms with Crippen LogP contribution in [0.5, 0.6) is 0 Å². The van der Waals surface area contributed by atoms with E-state index in [1.54, 1.807) is 0 Å².